The van der Waals surface area contributed by atoms with Crippen molar-refractivity contribution in [1.82, 2.24) is 10.0 Å². The lowest BCUT2D eigenvalue weighted by molar-refractivity contribution is -0.121. The van der Waals surface area contributed by atoms with Gasteiger partial charge >= 0.3 is 0 Å². The van der Waals surface area contributed by atoms with Crippen molar-refractivity contribution in [3.63, 3.8) is 0 Å². The Hall–Kier alpha value is -2.09. The molecule has 134 valence electrons. The number of nitrogens with one attached hydrogen (secondary N) is 2. The maximum absolute atomic E-state index is 12.0. The molecule has 1 amide bonds. The molecule has 2 aromatic carbocycles. The van der Waals surface area contributed by atoms with Gasteiger partial charge in [0.05, 0.1) is 17.9 Å². The smallest absolute Gasteiger partial charge is 0.240 e. The van der Waals surface area contributed by atoms with Crippen LogP contribution in [0.5, 0.6) is 5.75 Å². The topological polar surface area (TPSA) is 84.5 Å². The molecule has 0 fully saturated rings. The van der Waals surface area contributed by atoms with Crippen molar-refractivity contribution in [2.24, 2.45) is 0 Å². The summed E-state index contributed by atoms with van der Waals surface area (Å²) in [6, 6.07) is 15.0. The fourth-order valence-corrected chi connectivity index (χ4v) is 3.11. The van der Waals surface area contributed by atoms with E-state index in [1.807, 2.05) is 30.3 Å². The molecule has 25 heavy (non-hydrogen) atoms. The first-order valence-electron chi connectivity index (χ1n) is 7.67. The number of sulfonamides is 1. The van der Waals surface area contributed by atoms with E-state index in [0.717, 1.165) is 0 Å². The second kappa shape index (κ2) is 9.41. The Kier molecular flexibility index (Phi) is 7.24. The molecule has 2 N–H and O–H groups in total. The molecule has 0 spiro atoms. The molecular weight excluding hydrogens is 364 g/mol. The van der Waals surface area contributed by atoms with Crippen LogP contribution in [-0.4, -0.2) is 34.0 Å². The summed E-state index contributed by atoms with van der Waals surface area (Å²) in [5.74, 6) is 0.493. The van der Waals surface area contributed by atoms with Crippen LogP contribution >= 0.6 is 11.6 Å². The Balaban J connectivity index is 1.65. The summed E-state index contributed by atoms with van der Waals surface area (Å²) in [6.07, 6.45) is 0.193. The molecule has 6 nitrogen and oxygen atoms in total. The number of carbonyl (C=O) groups is 1. The highest BCUT2D eigenvalue weighted by atomic mass is 35.5. The van der Waals surface area contributed by atoms with Crippen molar-refractivity contribution in [1.29, 1.82) is 0 Å². The van der Waals surface area contributed by atoms with Crippen LogP contribution in [0.25, 0.3) is 0 Å². The lowest BCUT2D eigenvalue weighted by Gasteiger charge is -2.09. The third kappa shape index (κ3) is 6.74. The van der Waals surface area contributed by atoms with Crippen LogP contribution in [0.2, 0.25) is 5.02 Å². The molecule has 0 atom stereocenters. The standard InChI is InChI=1S/C17H19ClN2O4S/c18-14-6-8-16(9-7-14)25(22,23)20-12-11-19-17(21)10-13-24-15-4-2-1-3-5-15/h1-9,20H,10-13H2,(H,19,21). The van der Waals surface area contributed by atoms with Crippen molar-refractivity contribution >= 4 is 27.5 Å². The number of ether oxygens (including phenoxy) is 1. The normalized spacial score (nSPS) is 11.1. The fraction of sp³-hybridized carbons (Fsp3) is 0.235. The van der Waals surface area contributed by atoms with E-state index >= 15 is 0 Å². The molecule has 0 unspecified atom stereocenters. The number of benzene rings is 2. The summed E-state index contributed by atoms with van der Waals surface area (Å²) < 4.78 is 31.9. The Bertz CT molecular complexity index is 780. The van der Waals surface area contributed by atoms with E-state index in [9.17, 15) is 13.2 Å². The molecule has 0 saturated carbocycles. The molecule has 2 rings (SSSR count). The van der Waals surface area contributed by atoms with Gasteiger partial charge in [-0.15, -0.1) is 0 Å². The van der Waals surface area contributed by atoms with Gasteiger partial charge in [0.2, 0.25) is 15.9 Å². The molecule has 0 radical (unpaired) electrons. The third-order valence-electron chi connectivity index (χ3n) is 3.20. The highest BCUT2D eigenvalue weighted by Gasteiger charge is 2.13. The highest BCUT2D eigenvalue weighted by molar-refractivity contribution is 7.89. The van der Waals surface area contributed by atoms with Gasteiger partial charge in [0.25, 0.3) is 0 Å². The van der Waals surface area contributed by atoms with Gasteiger partial charge in [0.15, 0.2) is 0 Å². The van der Waals surface area contributed by atoms with Gasteiger partial charge in [-0.05, 0) is 36.4 Å². The average molecular weight is 383 g/mol. The van der Waals surface area contributed by atoms with E-state index < -0.39 is 10.0 Å². The molecule has 0 aliphatic heterocycles. The van der Waals surface area contributed by atoms with Crippen molar-refractivity contribution in [3.05, 3.63) is 59.6 Å². The van der Waals surface area contributed by atoms with Crippen molar-refractivity contribution in [2.45, 2.75) is 11.3 Å². The SMILES string of the molecule is O=C(CCOc1ccccc1)NCCNS(=O)(=O)c1ccc(Cl)cc1. The van der Waals surface area contributed by atoms with Crippen LogP contribution in [0, 0.1) is 0 Å². The van der Waals surface area contributed by atoms with Gasteiger partial charge in [-0.2, -0.15) is 0 Å². The van der Waals surface area contributed by atoms with Crippen molar-refractivity contribution in [3.8, 4) is 5.75 Å². The molecular formula is C17H19ClN2O4S. The van der Waals surface area contributed by atoms with Gasteiger partial charge in [-0.1, -0.05) is 29.8 Å². The highest BCUT2D eigenvalue weighted by Crippen LogP contribution is 2.13. The quantitative estimate of drug-likeness (QED) is 0.651. The predicted octanol–water partition coefficient (Wildman–Crippen LogP) is 2.20. The number of hydrogen-bond acceptors (Lipinski definition) is 4. The Morgan fingerprint density at radius 3 is 2.36 bits per heavy atom. The zero-order chi connectivity index (χ0) is 18.1. The van der Waals surface area contributed by atoms with Crippen molar-refractivity contribution < 1.29 is 17.9 Å². The molecule has 0 heterocycles. The minimum Gasteiger partial charge on any atom is -0.493 e. The number of hydrogen-bond donors (Lipinski definition) is 2. The van der Waals surface area contributed by atoms with Gasteiger partial charge in [-0.3, -0.25) is 4.79 Å². The minimum absolute atomic E-state index is 0.0935. The van der Waals surface area contributed by atoms with Gasteiger partial charge in [0.1, 0.15) is 5.75 Å². The summed E-state index contributed by atoms with van der Waals surface area (Å²) in [7, 11) is -3.61. The Labute approximate surface area is 152 Å². The average Bonchev–Trinajstić information content (AvgIpc) is 2.60. The first kappa shape index (κ1) is 19.2. The van der Waals surface area contributed by atoms with Gasteiger partial charge in [-0.25, -0.2) is 13.1 Å². The zero-order valence-corrected chi connectivity index (χ0v) is 15.0. The molecule has 0 aliphatic rings. The molecule has 0 aromatic heterocycles. The van der Waals surface area contributed by atoms with Gasteiger partial charge < -0.3 is 10.1 Å². The third-order valence-corrected chi connectivity index (χ3v) is 4.93. The predicted molar refractivity (Wildman–Crippen MR) is 96.2 cm³/mol. The number of rotatable bonds is 9. The first-order chi connectivity index (χ1) is 12.0. The Morgan fingerprint density at radius 2 is 1.68 bits per heavy atom. The maximum atomic E-state index is 12.0. The molecule has 0 aliphatic carbocycles. The largest absolute Gasteiger partial charge is 0.493 e. The van der Waals surface area contributed by atoms with Crippen molar-refractivity contribution in [2.75, 3.05) is 19.7 Å². The maximum Gasteiger partial charge on any atom is 0.240 e. The molecule has 8 heteroatoms. The second-order valence-corrected chi connectivity index (χ2v) is 7.32. The van der Waals surface area contributed by atoms with Crippen LogP contribution in [-0.2, 0) is 14.8 Å². The van der Waals surface area contributed by atoms with E-state index in [1.165, 1.54) is 24.3 Å². The number of carbonyl (C=O) groups excluding carboxylic acids is 1. The summed E-state index contributed by atoms with van der Waals surface area (Å²) in [4.78, 5) is 11.8. The van der Waals surface area contributed by atoms with E-state index in [1.54, 1.807) is 0 Å². The van der Waals surface area contributed by atoms with Gasteiger partial charge in [0, 0.05) is 18.1 Å². The molecule has 0 bridgehead atoms. The Morgan fingerprint density at radius 1 is 1.00 bits per heavy atom. The van der Waals surface area contributed by atoms with Crippen LogP contribution in [0.3, 0.4) is 0 Å². The van der Waals surface area contributed by atoms with E-state index in [-0.39, 0.29) is 36.9 Å². The summed E-state index contributed by atoms with van der Waals surface area (Å²) >= 11 is 5.73. The number of amides is 1. The fourth-order valence-electron chi connectivity index (χ4n) is 1.95. The lowest BCUT2D eigenvalue weighted by atomic mass is 10.3. The lowest BCUT2D eigenvalue weighted by Crippen LogP contribution is -2.35. The molecule has 2 aromatic rings. The van der Waals surface area contributed by atoms with E-state index in [0.29, 0.717) is 10.8 Å². The van der Waals surface area contributed by atoms with Crippen LogP contribution in [0.15, 0.2) is 59.5 Å². The van der Waals surface area contributed by atoms with E-state index in [4.69, 9.17) is 16.3 Å². The van der Waals surface area contributed by atoms with Crippen LogP contribution in [0.1, 0.15) is 6.42 Å². The second-order valence-electron chi connectivity index (χ2n) is 5.11. The zero-order valence-electron chi connectivity index (χ0n) is 13.4. The monoisotopic (exact) mass is 382 g/mol. The van der Waals surface area contributed by atoms with Crippen LogP contribution in [0.4, 0.5) is 0 Å². The number of para-hydroxylation sites is 1. The summed E-state index contributed by atoms with van der Waals surface area (Å²) in [6.45, 7) is 0.541. The van der Waals surface area contributed by atoms with Crippen LogP contribution < -0.4 is 14.8 Å². The summed E-state index contributed by atoms with van der Waals surface area (Å²) in [5, 5.41) is 3.10. The number of halogens is 1. The van der Waals surface area contributed by atoms with E-state index in [2.05, 4.69) is 10.0 Å². The minimum atomic E-state index is -3.61. The summed E-state index contributed by atoms with van der Waals surface area (Å²) in [5.41, 5.74) is 0. The first-order valence-corrected chi connectivity index (χ1v) is 9.53. The molecule has 0 saturated heterocycles.